The van der Waals surface area contributed by atoms with Gasteiger partial charge in [0, 0.05) is 6.07 Å². The molecule has 0 saturated carbocycles. The van der Waals surface area contributed by atoms with Crippen molar-refractivity contribution in [2.24, 2.45) is 0 Å². The predicted octanol–water partition coefficient (Wildman–Crippen LogP) is 4.69. The SMILES string of the molecule is COc1ccc(C(=O)Oc2c(I)cc(/C=C(\C#N)C(=O)Nc3ccc([N+](=O)[O-])cc3O)cc2OC)cc1. The standard InChI is InChI=1S/C25H18IN3O8/c1-35-18-6-3-15(4-7-18)25(32)37-23-19(26)10-14(11-22(23)36-2)9-16(13-27)24(31)28-20-8-5-17(29(33)34)12-21(20)30/h3-12,30H,1-2H3,(H,28,31)/b16-9+. The first-order valence-corrected chi connectivity index (χ1v) is 11.4. The summed E-state index contributed by atoms with van der Waals surface area (Å²) in [6, 6.07) is 14.3. The van der Waals surface area contributed by atoms with Gasteiger partial charge < -0.3 is 24.6 Å². The molecule has 3 aromatic carbocycles. The van der Waals surface area contributed by atoms with Crippen LogP contribution in [0.5, 0.6) is 23.0 Å². The molecule has 0 spiro atoms. The van der Waals surface area contributed by atoms with Crippen LogP contribution in [0, 0.1) is 25.0 Å². The maximum atomic E-state index is 12.6. The number of nitrogens with zero attached hydrogens (tertiary/aromatic N) is 2. The fourth-order valence-electron chi connectivity index (χ4n) is 3.05. The smallest absolute Gasteiger partial charge is 0.343 e. The number of hydrogen-bond acceptors (Lipinski definition) is 9. The van der Waals surface area contributed by atoms with Crippen molar-refractivity contribution in [3.05, 3.63) is 85.0 Å². The summed E-state index contributed by atoms with van der Waals surface area (Å²) in [6.07, 6.45) is 1.28. The summed E-state index contributed by atoms with van der Waals surface area (Å²) in [5.74, 6) is -1.08. The van der Waals surface area contributed by atoms with E-state index in [4.69, 9.17) is 14.2 Å². The molecular weight excluding hydrogens is 597 g/mol. The van der Waals surface area contributed by atoms with Gasteiger partial charge in [-0.25, -0.2) is 4.79 Å². The molecule has 0 saturated heterocycles. The topological polar surface area (TPSA) is 161 Å². The second kappa shape index (κ2) is 11.9. The number of halogens is 1. The van der Waals surface area contributed by atoms with Gasteiger partial charge in [0.1, 0.15) is 23.1 Å². The zero-order chi connectivity index (χ0) is 27.1. The summed E-state index contributed by atoms with van der Waals surface area (Å²) in [4.78, 5) is 35.3. The molecule has 37 heavy (non-hydrogen) atoms. The molecule has 0 aliphatic rings. The van der Waals surface area contributed by atoms with Crippen LogP contribution in [0.4, 0.5) is 11.4 Å². The number of hydrogen-bond donors (Lipinski definition) is 2. The molecule has 3 rings (SSSR count). The Morgan fingerprint density at radius 3 is 2.38 bits per heavy atom. The van der Waals surface area contributed by atoms with Gasteiger partial charge in [0.15, 0.2) is 11.5 Å². The summed E-state index contributed by atoms with van der Waals surface area (Å²) < 4.78 is 16.4. The number of nitrogens with one attached hydrogen (secondary N) is 1. The second-order valence-electron chi connectivity index (χ2n) is 7.23. The van der Waals surface area contributed by atoms with Crippen molar-refractivity contribution in [1.29, 1.82) is 5.26 Å². The maximum Gasteiger partial charge on any atom is 0.343 e. The van der Waals surface area contributed by atoms with Crippen molar-refractivity contribution in [1.82, 2.24) is 0 Å². The minimum atomic E-state index is -0.851. The lowest BCUT2D eigenvalue weighted by Crippen LogP contribution is -2.13. The highest BCUT2D eigenvalue weighted by molar-refractivity contribution is 14.1. The number of benzene rings is 3. The molecule has 3 aromatic rings. The maximum absolute atomic E-state index is 12.6. The number of nitro benzene ring substituents is 1. The summed E-state index contributed by atoms with van der Waals surface area (Å²) in [6.45, 7) is 0. The molecule has 0 fully saturated rings. The number of non-ortho nitro benzene ring substituents is 1. The van der Waals surface area contributed by atoms with Crippen LogP contribution in [0.3, 0.4) is 0 Å². The van der Waals surface area contributed by atoms with Gasteiger partial charge in [0.25, 0.3) is 11.6 Å². The molecule has 0 radical (unpaired) electrons. The van der Waals surface area contributed by atoms with E-state index in [0.29, 0.717) is 20.4 Å². The first-order chi connectivity index (χ1) is 17.7. The Balaban J connectivity index is 1.84. The molecule has 0 aliphatic heterocycles. The number of ether oxygens (including phenoxy) is 3. The molecule has 0 aliphatic carbocycles. The van der Waals surface area contributed by atoms with E-state index in [0.717, 1.165) is 18.2 Å². The second-order valence-corrected chi connectivity index (χ2v) is 8.40. The monoisotopic (exact) mass is 615 g/mol. The Labute approximate surface area is 224 Å². The number of phenolic OH excluding ortho intramolecular Hbond substituents is 1. The molecule has 1 amide bonds. The predicted molar refractivity (Wildman–Crippen MR) is 141 cm³/mol. The number of esters is 1. The molecule has 0 aromatic heterocycles. The van der Waals surface area contributed by atoms with E-state index >= 15 is 0 Å². The number of nitriles is 1. The summed E-state index contributed by atoms with van der Waals surface area (Å²) in [5, 5.41) is 32.6. The van der Waals surface area contributed by atoms with E-state index in [2.05, 4.69) is 5.32 Å². The van der Waals surface area contributed by atoms with E-state index in [1.807, 2.05) is 22.6 Å². The number of amides is 1. The first-order valence-electron chi connectivity index (χ1n) is 10.3. The largest absolute Gasteiger partial charge is 0.506 e. The minimum absolute atomic E-state index is 0.107. The Bertz CT molecular complexity index is 1450. The van der Waals surface area contributed by atoms with Crippen LogP contribution in [0.25, 0.3) is 6.08 Å². The fraction of sp³-hybridized carbons (Fsp3) is 0.0800. The third-order valence-electron chi connectivity index (χ3n) is 4.89. The number of anilines is 1. The Kier molecular flexibility index (Phi) is 8.64. The summed E-state index contributed by atoms with van der Waals surface area (Å²) in [7, 11) is 2.89. The van der Waals surface area contributed by atoms with E-state index in [-0.39, 0.29) is 28.4 Å². The van der Waals surface area contributed by atoms with Crippen LogP contribution in [0.1, 0.15) is 15.9 Å². The quantitative estimate of drug-likeness (QED) is 0.0536. The average Bonchev–Trinajstić information content (AvgIpc) is 2.89. The molecule has 2 N–H and O–H groups in total. The van der Waals surface area contributed by atoms with Crippen molar-refractivity contribution < 1.29 is 33.8 Å². The normalized spacial score (nSPS) is 10.7. The minimum Gasteiger partial charge on any atom is -0.506 e. The van der Waals surface area contributed by atoms with Gasteiger partial charge in [-0.1, -0.05) is 0 Å². The van der Waals surface area contributed by atoms with E-state index in [1.54, 1.807) is 36.4 Å². The lowest BCUT2D eigenvalue weighted by Gasteiger charge is -2.13. The van der Waals surface area contributed by atoms with Gasteiger partial charge in [-0.15, -0.1) is 0 Å². The molecule has 0 heterocycles. The molecular formula is C25H18IN3O8. The third kappa shape index (κ3) is 6.53. The highest BCUT2D eigenvalue weighted by Crippen LogP contribution is 2.35. The Hall–Kier alpha value is -4.64. The van der Waals surface area contributed by atoms with Crippen molar-refractivity contribution in [2.75, 3.05) is 19.5 Å². The van der Waals surface area contributed by atoms with Crippen molar-refractivity contribution in [3.8, 4) is 29.1 Å². The van der Waals surface area contributed by atoms with Crippen molar-refractivity contribution in [2.45, 2.75) is 0 Å². The molecule has 0 unspecified atom stereocenters. The zero-order valence-corrected chi connectivity index (χ0v) is 21.5. The number of aromatic hydroxyl groups is 1. The van der Waals surface area contributed by atoms with Gasteiger partial charge in [0.2, 0.25) is 0 Å². The van der Waals surface area contributed by atoms with Crippen LogP contribution in [0.15, 0.2) is 60.2 Å². The van der Waals surface area contributed by atoms with E-state index < -0.39 is 22.5 Å². The number of methoxy groups -OCH3 is 2. The Morgan fingerprint density at radius 1 is 1.11 bits per heavy atom. The molecule has 0 bridgehead atoms. The van der Waals surface area contributed by atoms with Crippen LogP contribution < -0.4 is 19.5 Å². The third-order valence-corrected chi connectivity index (χ3v) is 5.69. The van der Waals surface area contributed by atoms with Gasteiger partial charge >= 0.3 is 5.97 Å². The highest BCUT2D eigenvalue weighted by atomic mass is 127. The molecule has 0 atom stereocenters. The van der Waals surface area contributed by atoms with Crippen molar-refractivity contribution >= 4 is 51.9 Å². The van der Waals surface area contributed by atoms with E-state index in [9.17, 15) is 30.1 Å². The van der Waals surface area contributed by atoms with Crippen molar-refractivity contribution in [3.63, 3.8) is 0 Å². The molecule has 11 nitrogen and oxygen atoms in total. The average molecular weight is 615 g/mol. The van der Waals surface area contributed by atoms with Crippen LogP contribution in [-0.2, 0) is 4.79 Å². The fourth-order valence-corrected chi connectivity index (χ4v) is 3.78. The molecule has 12 heteroatoms. The summed E-state index contributed by atoms with van der Waals surface area (Å²) >= 11 is 1.93. The van der Waals surface area contributed by atoms with Crippen LogP contribution >= 0.6 is 22.6 Å². The lowest BCUT2D eigenvalue weighted by atomic mass is 10.1. The van der Waals surface area contributed by atoms with Gasteiger partial charge in [-0.3, -0.25) is 14.9 Å². The first kappa shape index (κ1) is 27.0. The number of carbonyl (C=O) groups is 2. The number of nitro groups is 1. The van der Waals surface area contributed by atoms with Gasteiger partial charge in [-0.05, 0) is 76.7 Å². The van der Waals surface area contributed by atoms with Crippen LogP contribution in [0.2, 0.25) is 0 Å². The molecule has 188 valence electrons. The van der Waals surface area contributed by atoms with Gasteiger partial charge in [0.05, 0.1) is 40.0 Å². The zero-order valence-electron chi connectivity index (χ0n) is 19.4. The lowest BCUT2D eigenvalue weighted by molar-refractivity contribution is -0.384. The van der Waals surface area contributed by atoms with Crippen LogP contribution in [-0.4, -0.2) is 36.1 Å². The van der Waals surface area contributed by atoms with Gasteiger partial charge in [-0.2, -0.15) is 5.26 Å². The van der Waals surface area contributed by atoms with E-state index in [1.165, 1.54) is 26.4 Å². The number of rotatable bonds is 8. The Morgan fingerprint density at radius 2 is 1.81 bits per heavy atom. The highest BCUT2D eigenvalue weighted by Gasteiger charge is 2.19. The summed E-state index contributed by atoms with van der Waals surface area (Å²) in [5.41, 5.74) is -0.102. The number of carbonyl (C=O) groups excluding carboxylic acids is 2. The number of phenols is 1.